The Morgan fingerprint density at radius 3 is 2.62 bits per heavy atom. The Kier molecular flexibility index (Phi) is 2.69. The van der Waals surface area contributed by atoms with Gasteiger partial charge >= 0.3 is 6.18 Å². The van der Waals surface area contributed by atoms with E-state index in [1.165, 1.54) is 12.1 Å². The lowest BCUT2D eigenvalue weighted by molar-refractivity contribution is -0.141. The maximum Gasteiger partial charge on any atom is 0.433 e. The lowest BCUT2D eigenvalue weighted by Crippen LogP contribution is -2.12. The molecule has 1 aromatic rings. The molecule has 0 N–H and O–H groups in total. The van der Waals surface area contributed by atoms with Crippen LogP contribution in [0.4, 0.5) is 13.2 Å². The van der Waals surface area contributed by atoms with Crippen molar-refractivity contribution in [1.82, 2.24) is 4.98 Å². The fourth-order valence-electron chi connectivity index (χ4n) is 1.46. The molecule has 16 heavy (non-hydrogen) atoms. The first-order valence-electron chi connectivity index (χ1n) is 5.02. The predicted octanol–water partition coefficient (Wildman–Crippen LogP) is 2.62. The fraction of sp³-hybridized carbons (Fsp3) is 0.455. The van der Waals surface area contributed by atoms with Crippen molar-refractivity contribution in [2.45, 2.75) is 25.4 Å². The molecule has 2 rings (SSSR count). The van der Waals surface area contributed by atoms with Crippen molar-refractivity contribution in [1.29, 1.82) is 0 Å². The molecular weight excluding hydrogens is 219 g/mol. The molecule has 1 saturated carbocycles. The van der Waals surface area contributed by atoms with E-state index >= 15 is 0 Å². The summed E-state index contributed by atoms with van der Waals surface area (Å²) in [6, 6.07) is 3.64. The minimum atomic E-state index is -4.45. The van der Waals surface area contributed by atoms with Gasteiger partial charge in [0.15, 0.2) is 0 Å². The van der Waals surface area contributed by atoms with Crippen LogP contribution >= 0.6 is 0 Å². The van der Waals surface area contributed by atoms with Crippen molar-refractivity contribution in [2.75, 3.05) is 0 Å². The van der Waals surface area contributed by atoms with Gasteiger partial charge in [0, 0.05) is 18.0 Å². The molecule has 2 nitrogen and oxygen atoms in total. The van der Waals surface area contributed by atoms with Crippen molar-refractivity contribution < 1.29 is 18.0 Å². The van der Waals surface area contributed by atoms with Gasteiger partial charge in [0.1, 0.15) is 11.5 Å². The number of hydrogen-bond donors (Lipinski definition) is 0. The van der Waals surface area contributed by atoms with Crippen molar-refractivity contribution >= 4 is 5.78 Å². The van der Waals surface area contributed by atoms with Gasteiger partial charge < -0.3 is 0 Å². The van der Waals surface area contributed by atoms with Crippen LogP contribution in [0.5, 0.6) is 0 Å². The maximum atomic E-state index is 12.3. The second kappa shape index (κ2) is 3.88. The summed E-state index contributed by atoms with van der Waals surface area (Å²) in [6.45, 7) is 0. The van der Waals surface area contributed by atoms with E-state index in [0.29, 0.717) is 0 Å². The van der Waals surface area contributed by atoms with Crippen LogP contribution in [-0.4, -0.2) is 10.8 Å². The largest absolute Gasteiger partial charge is 0.433 e. The molecule has 0 aliphatic heterocycles. The predicted molar refractivity (Wildman–Crippen MR) is 50.7 cm³/mol. The minimum Gasteiger partial charge on any atom is -0.299 e. The maximum absolute atomic E-state index is 12.3. The standard InChI is InChI=1S/C11H10F3NO/c12-11(13,14)10-3-1-2-8(15-10)6-9(16)7-4-5-7/h1-3,7H,4-6H2. The molecule has 86 valence electrons. The summed E-state index contributed by atoms with van der Waals surface area (Å²) in [5.41, 5.74) is -0.736. The number of aromatic nitrogens is 1. The number of nitrogens with zero attached hydrogens (tertiary/aromatic N) is 1. The lowest BCUT2D eigenvalue weighted by Gasteiger charge is -2.06. The molecule has 1 aromatic heterocycles. The van der Waals surface area contributed by atoms with E-state index in [2.05, 4.69) is 4.98 Å². The van der Waals surface area contributed by atoms with Crippen molar-refractivity contribution in [2.24, 2.45) is 5.92 Å². The lowest BCUT2D eigenvalue weighted by atomic mass is 10.1. The van der Waals surface area contributed by atoms with Crippen LogP contribution in [0.2, 0.25) is 0 Å². The number of hydrogen-bond acceptors (Lipinski definition) is 2. The molecule has 1 heterocycles. The van der Waals surface area contributed by atoms with Gasteiger partial charge in [-0.05, 0) is 25.0 Å². The number of ketones is 1. The summed E-state index contributed by atoms with van der Waals surface area (Å²) in [5.74, 6) is 0.0446. The number of pyridine rings is 1. The molecule has 0 aromatic carbocycles. The third kappa shape index (κ3) is 2.59. The highest BCUT2D eigenvalue weighted by Crippen LogP contribution is 2.31. The second-order valence-corrected chi connectivity index (χ2v) is 3.93. The Hall–Kier alpha value is -1.39. The Morgan fingerprint density at radius 2 is 2.06 bits per heavy atom. The Morgan fingerprint density at radius 1 is 1.38 bits per heavy atom. The number of carbonyl (C=O) groups excluding carboxylic acids is 1. The van der Waals surface area contributed by atoms with E-state index in [1.54, 1.807) is 0 Å². The Bertz CT molecular complexity index is 410. The molecule has 1 fully saturated rings. The number of alkyl halides is 3. The molecule has 0 bridgehead atoms. The molecule has 0 saturated heterocycles. The molecule has 0 radical (unpaired) electrons. The van der Waals surface area contributed by atoms with E-state index in [-0.39, 0.29) is 23.8 Å². The summed E-state index contributed by atoms with van der Waals surface area (Å²) in [6.07, 6.45) is -2.72. The third-order valence-electron chi connectivity index (χ3n) is 2.49. The number of rotatable bonds is 3. The van der Waals surface area contributed by atoms with Crippen LogP contribution in [0.15, 0.2) is 18.2 Å². The Balaban J connectivity index is 2.12. The van der Waals surface area contributed by atoms with Gasteiger partial charge in [-0.25, -0.2) is 4.98 Å². The van der Waals surface area contributed by atoms with Crippen molar-refractivity contribution in [3.8, 4) is 0 Å². The molecule has 0 atom stereocenters. The molecule has 0 unspecified atom stereocenters. The molecular formula is C11H10F3NO. The summed E-state index contributed by atoms with van der Waals surface area (Å²) < 4.78 is 37.0. The van der Waals surface area contributed by atoms with Gasteiger partial charge in [-0.3, -0.25) is 4.79 Å². The van der Waals surface area contributed by atoms with Crippen LogP contribution in [0.3, 0.4) is 0 Å². The number of halogens is 3. The molecule has 0 spiro atoms. The SMILES string of the molecule is O=C(Cc1cccc(C(F)(F)F)n1)C1CC1. The van der Waals surface area contributed by atoms with Crippen molar-refractivity contribution in [3.63, 3.8) is 0 Å². The number of carbonyl (C=O) groups is 1. The van der Waals surface area contributed by atoms with Crippen LogP contribution in [-0.2, 0) is 17.4 Å². The monoisotopic (exact) mass is 229 g/mol. The highest BCUT2D eigenvalue weighted by Gasteiger charge is 2.33. The minimum absolute atomic E-state index is 0.00757. The molecule has 1 aliphatic carbocycles. The van der Waals surface area contributed by atoms with Gasteiger partial charge in [0.2, 0.25) is 0 Å². The summed E-state index contributed by atoms with van der Waals surface area (Å²) in [7, 11) is 0. The van der Waals surface area contributed by atoms with Crippen LogP contribution in [0.25, 0.3) is 0 Å². The van der Waals surface area contributed by atoms with E-state index in [0.717, 1.165) is 18.9 Å². The molecule has 5 heteroatoms. The van der Waals surface area contributed by atoms with Crippen molar-refractivity contribution in [3.05, 3.63) is 29.6 Å². The van der Waals surface area contributed by atoms with E-state index < -0.39 is 11.9 Å². The van der Waals surface area contributed by atoms with E-state index in [1.807, 2.05) is 0 Å². The smallest absolute Gasteiger partial charge is 0.299 e. The van der Waals surface area contributed by atoms with Gasteiger partial charge in [-0.1, -0.05) is 6.07 Å². The quantitative estimate of drug-likeness (QED) is 0.797. The van der Waals surface area contributed by atoms with Crippen LogP contribution < -0.4 is 0 Å². The van der Waals surface area contributed by atoms with Gasteiger partial charge in [0.05, 0.1) is 0 Å². The second-order valence-electron chi connectivity index (χ2n) is 3.93. The van der Waals surface area contributed by atoms with E-state index in [9.17, 15) is 18.0 Å². The average Bonchev–Trinajstić information content (AvgIpc) is 2.99. The average molecular weight is 229 g/mol. The zero-order valence-electron chi connectivity index (χ0n) is 8.42. The van der Waals surface area contributed by atoms with Gasteiger partial charge in [-0.15, -0.1) is 0 Å². The number of Topliss-reactive ketones (excluding diaryl/α,β-unsaturated/α-hetero) is 1. The first-order chi connectivity index (χ1) is 7.47. The van der Waals surface area contributed by atoms with Gasteiger partial charge in [0.25, 0.3) is 0 Å². The zero-order valence-corrected chi connectivity index (χ0v) is 8.42. The van der Waals surface area contributed by atoms with Gasteiger partial charge in [-0.2, -0.15) is 13.2 Å². The summed E-state index contributed by atoms with van der Waals surface area (Å²) in [4.78, 5) is 14.9. The Labute approximate surface area is 90.5 Å². The first-order valence-corrected chi connectivity index (χ1v) is 5.02. The normalized spacial score (nSPS) is 16.2. The fourth-order valence-corrected chi connectivity index (χ4v) is 1.46. The topological polar surface area (TPSA) is 30.0 Å². The molecule has 1 aliphatic rings. The van der Waals surface area contributed by atoms with Crippen LogP contribution in [0.1, 0.15) is 24.2 Å². The third-order valence-corrected chi connectivity index (χ3v) is 2.49. The molecule has 0 amide bonds. The summed E-state index contributed by atoms with van der Waals surface area (Å²) >= 11 is 0. The highest BCUT2D eigenvalue weighted by atomic mass is 19.4. The highest BCUT2D eigenvalue weighted by molar-refractivity contribution is 5.84. The first kappa shape index (κ1) is 11.1. The summed E-state index contributed by atoms with van der Waals surface area (Å²) in [5, 5.41) is 0. The van der Waals surface area contributed by atoms with E-state index in [4.69, 9.17) is 0 Å². The van der Waals surface area contributed by atoms with Crippen LogP contribution in [0, 0.1) is 5.92 Å². The zero-order chi connectivity index (χ0) is 11.8.